The molecule has 2 aliphatic heterocycles. The standard InChI is InChI=1S/C20H23N3O3/c1-11(2)23-16-7-6-13(8-14(16)12(3)10-20(23,4)5)9-15-17(24)21-19(26)22-18(15)25/h6-11H,1-5H3,(H2,21,22,24,25,26). The number of rotatable bonds is 2. The van der Waals surface area contributed by atoms with Crippen molar-refractivity contribution in [3.63, 3.8) is 0 Å². The summed E-state index contributed by atoms with van der Waals surface area (Å²) in [6.45, 7) is 10.7. The predicted molar refractivity (Wildman–Crippen MR) is 101 cm³/mol. The van der Waals surface area contributed by atoms with Crippen LogP contribution in [0.5, 0.6) is 0 Å². The summed E-state index contributed by atoms with van der Waals surface area (Å²) >= 11 is 0. The lowest BCUT2D eigenvalue weighted by Crippen LogP contribution is -2.51. The van der Waals surface area contributed by atoms with Gasteiger partial charge in [0, 0.05) is 17.3 Å². The van der Waals surface area contributed by atoms with E-state index in [1.165, 1.54) is 6.08 Å². The molecule has 136 valence electrons. The third-order valence-corrected chi connectivity index (χ3v) is 4.67. The fourth-order valence-electron chi connectivity index (χ4n) is 3.87. The molecule has 0 atom stereocenters. The van der Waals surface area contributed by atoms with E-state index < -0.39 is 17.8 Å². The summed E-state index contributed by atoms with van der Waals surface area (Å²) in [4.78, 5) is 37.4. The summed E-state index contributed by atoms with van der Waals surface area (Å²) in [6, 6.07) is 5.39. The first kappa shape index (κ1) is 17.9. The minimum atomic E-state index is -0.795. The fourth-order valence-corrected chi connectivity index (χ4v) is 3.87. The van der Waals surface area contributed by atoms with Crippen LogP contribution in [0.1, 0.15) is 45.7 Å². The van der Waals surface area contributed by atoms with Gasteiger partial charge in [0.2, 0.25) is 0 Å². The second kappa shape index (κ2) is 6.12. The molecular formula is C20H23N3O3. The van der Waals surface area contributed by atoms with E-state index in [-0.39, 0.29) is 11.1 Å². The van der Waals surface area contributed by atoms with Crippen LogP contribution in [0.3, 0.4) is 0 Å². The van der Waals surface area contributed by atoms with E-state index >= 15 is 0 Å². The highest BCUT2D eigenvalue weighted by molar-refractivity contribution is 6.31. The van der Waals surface area contributed by atoms with Crippen LogP contribution in [0, 0.1) is 0 Å². The minimum absolute atomic E-state index is 0.0805. The van der Waals surface area contributed by atoms with Crippen LogP contribution in [0.4, 0.5) is 10.5 Å². The van der Waals surface area contributed by atoms with Gasteiger partial charge in [0.1, 0.15) is 5.57 Å². The van der Waals surface area contributed by atoms with Gasteiger partial charge in [-0.05, 0) is 64.0 Å². The lowest BCUT2D eigenvalue weighted by molar-refractivity contribution is -0.123. The number of carbonyl (C=O) groups is 3. The number of imide groups is 2. The molecule has 2 heterocycles. The number of anilines is 1. The molecule has 0 saturated carbocycles. The molecule has 0 radical (unpaired) electrons. The Morgan fingerprint density at radius 1 is 1.08 bits per heavy atom. The molecule has 3 rings (SSSR count). The number of benzene rings is 1. The molecule has 26 heavy (non-hydrogen) atoms. The van der Waals surface area contributed by atoms with Crippen molar-refractivity contribution in [2.75, 3.05) is 4.90 Å². The van der Waals surface area contributed by atoms with Gasteiger partial charge in [0.15, 0.2) is 0 Å². The summed E-state index contributed by atoms with van der Waals surface area (Å²) in [5, 5.41) is 4.17. The van der Waals surface area contributed by atoms with Crippen molar-refractivity contribution in [1.29, 1.82) is 0 Å². The average Bonchev–Trinajstić information content (AvgIpc) is 2.50. The highest BCUT2D eigenvalue weighted by Gasteiger charge is 2.33. The largest absolute Gasteiger partial charge is 0.360 e. The minimum Gasteiger partial charge on any atom is -0.360 e. The Balaban J connectivity index is 2.06. The van der Waals surface area contributed by atoms with Crippen LogP contribution in [0.25, 0.3) is 11.6 Å². The molecule has 6 nitrogen and oxygen atoms in total. The zero-order valence-corrected chi connectivity index (χ0v) is 15.6. The molecule has 1 aromatic carbocycles. The van der Waals surface area contributed by atoms with E-state index in [4.69, 9.17) is 0 Å². The SMILES string of the molecule is CC1=CC(C)(C)N(C(C)C)c2ccc(C=C3C(=O)NC(=O)NC3=O)cc21. The number of barbiturate groups is 1. The summed E-state index contributed by atoms with van der Waals surface area (Å²) < 4.78 is 0. The van der Waals surface area contributed by atoms with Gasteiger partial charge in [-0.15, -0.1) is 0 Å². The van der Waals surface area contributed by atoms with Crippen LogP contribution in [-0.2, 0) is 9.59 Å². The van der Waals surface area contributed by atoms with Gasteiger partial charge in [-0.1, -0.05) is 12.1 Å². The van der Waals surface area contributed by atoms with Crippen molar-refractivity contribution in [3.05, 3.63) is 41.0 Å². The third kappa shape index (κ3) is 3.03. The molecule has 0 bridgehead atoms. The Kier molecular flexibility index (Phi) is 4.22. The highest BCUT2D eigenvalue weighted by atomic mass is 16.2. The quantitative estimate of drug-likeness (QED) is 0.633. The number of hydrogen-bond donors (Lipinski definition) is 2. The van der Waals surface area contributed by atoms with Crippen LogP contribution in [0.2, 0.25) is 0 Å². The van der Waals surface area contributed by atoms with Crippen LogP contribution in [0.15, 0.2) is 29.8 Å². The van der Waals surface area contributed by atoms with Gasteiger partial charge in [-0.25, -0.2) is 4.79 Å². The van der Waals surface area contributed by atoms with Gasteiger partial charge >= 0.3 is 6.03 Å². The first-order valence-electron chi connectivity index (χ1n) is 8.62. The van der Waals surface area contributed by atoms with Gasteiger partial charge < -0.3 is 4.90 Å². The number of urea groups is 1. The molecule has 0 spiro atoms. The smallest absolute Gasteiger partial charge is 0.328 e. The zero-order valence-electron chi connectivity index (χ0n) is 15.6. The van der Waals surface area contributed by atoms with Crippen molar-refractivity contribution >= 4 is 35.2 Å². The third-order valence-electron chi connectivity index (χ3n) is 4.67. The van der Waals surface area contributed by atoms with Crippen molar-refractivity contribution in [2.45, 2.75) is 46.2 Å². The van der Waals surface area contributed by atoms with Crippen molar-refractivity contribution < 1.29 is 14.4 Å². The Morgan fingerprint density at radius 2 is 1.69 bits per heavy atom. The van der Waals surface area contributed by atoms with Crippen LogP contribution < -0.4 is 15.5 Å². The Morgan fingerprint density at radius 3 is 2.27 bits per heavy atom. The predicted octanol–water partition coefficient (Wildman–Crippen LogP) is 2.85. The summed E-state index contributed by atoms with van der Waals surface area (Å²) in [7, 11) is 0. The van der Waals surface area contributed by atoms with Gasteiger partial charge in [0.25, 0.3) is 11.8 Å². The molecular weight excluding hydrogens is 330 g/mol. The van der Waals surface area contributed by atoms with Gasteiger partial charge in [-0.2, -0.15) is 0 Å². The highest BCUT2D eigenvalue weighted by Crippen LogP contribution is 2.40. The molecule has 0 aromatic heterocycles. The number of nitrogens with zero attached hydrogens (tertiary/aromatic N) is 1. The average molecular weight is 353 g/mol. The first-order chi connectivity index (χ1) is 12.1. The number of hydrogen-bond acceptors (Lipinski definition) is 4. The number of amides is 4. The molecule has 4 amide bonds. The van der Waals surface area contributed by atoms with Crippen LogP contribution in [-0.4, -0.2) is 29.4 Å². The van der Waals surface area contributed by atoms with Crippen LogP contribution >= 0.6 is 0 Å². The maximum Gasteiger partial charge on any atom is 0.328 e. The Labute approximate surface area is 152 Å². The van der Waals surface area contributed by atoms with E-state index in [1.807, 2.05) is 18.2 Å². The normalized spacial score (nSPS) is 19.0. The lowest BCUT2D eigenvalue weighted by Gasteiger charge is -2.46. The van der Waals surface area contributed by atoms with E-state index in [9.17, 15) is 14.4 Å². The van der Waals surface area contributed by atoms with Crippen molar-refractivity contribution in [1.82, 2.24) is 10.6 Å². The molecule has 2 aliphatic rings. The van der Waals surface area contributed by atoms with E-state index in [0.717, 1.165) is 22.4 Å². The number of carbonyl (C=O) groups excluding carboxylic acids is 3. The second-order valence-corrected chi connectivity index (χ2v) is 7.52. The Hall–Kier alpha value is -2.89. The molecule has 2 N–H and O–H groups in total. The molecule has 1 aromatic rings. The number of allylic oxidation sites excluding steroid dienone is 1. The Bertz CT molecular complexity index is 856. The summed E-state index contributed by atoms with van der Waals surface area (Å²) in [5.41, 5.74) is 3.89. The first-order valence-corrected chi connectivity index (χ1v) is 8.62. The molecule has 1 fully saturated rings. The maximum atomic E-state index is 11.9. The number of nitrogens with one attached hydrogen (secondary N) is 2. The van der Waals surface area contributed by atoms with Gasteiger partial charge in [0.05, 0.1) is 5.54 Å². The maximum absolute atomic E-state index is 11.9. The molecule has 6 heteroatoms. The summed E-state index contributed by atoms with van der Waals surface area (Å²) in [5.74, 6) is -1.37. The van der Waals surface area contributed by atoms with Crippen molar-refractivity contribution in [3.8, 4) is 0 Å². The topological polar surface area (TPSA) is 78.5 Å². The van der Waals surface area contributed by atoms with E-state index in [1.54, 1.807) is 0 Å². The zero-order chi connectivity index (χ0) is 19.2. The second-order valence-electron chi connectivity index (χ2n) is 7.52. The monoisotopic (exact) mass is 353 g/mol. The van der Waals surface area contributed by atoms with E-state index in [0.29, 0.717) is 6.04 Å². The van der Waals surface area contributed by atoms with Gasteiger partial charge in [-0.3, -0.25) is 20.2 Å². The van der Waals surface area contributed by atoms with Crippen molar-refractivity contribution in [2.24, 2.45) is 0 Å². The van der Waals surface area contributed by atoms with E-state index in [2.05, 4.69) is 56.2 Å². The summed E-state index contributed by atoms with van der Waals surface area (Å²) in [6.07, 6.45) is 3.73. The fraction of sp³-hybridized carbons (Fsp3) is 0.350. The molecule has 1 saturated heterocycles. The number of fused-ring (bicyclic) bond motifs is 1. The molecule has 0 unspecified atom stereocenters. The lowest BCUT2D eigenvalue weighted by atomic mass is 9.86. The molecule has 0 aliphatic carbocycles.